The lowest BCUT2D eigenvalue weighted by atomic mass is 10.1. The molecule has 2 heterocycles. The van der Waals surface area contributed by atoms with Gasteiger partial charge in [0.05, 0.1) is 9.86 Å². The highest BCUT2D eigenvalue weighted by atomic mass is 79.9. The molecule has 0 radical (unpaired) electrons. The molecule has 92 valence electrons. The molecule has 3 rings (SSSR count). The minimum atomic E-state index is -0.0110. The van der Waals surface area contributed by atoms with Crippen LogP contribution in [-0.2, 0) is 7.05 Å². The molecule has 3 aromatic rings. The Balaban J connectivity index is 2.66. The maximum atomic E-state index is 12.5. The molecule has 0 N–H and O–H groups in total. The van der Waals surface area contributed by atoms with E-state index in [4.69, 9.17) is 4.42 Å². The van der Waals surface area contributed by atoms with E-state index in [9.17, 15) is 4.79 Å². The van der Waals surface area contributed by atoms with Crippen molar-refractivity contribution in [2.75, 3.05) is 0 Å². The van der Waals surface area contributed by atoms with Crippen LogP contribution in [0.1, 0.15) is 5.56 Å². The predicted molar refractivity (Wildman–Crippen MR) is 79.1 cm³/mol. The van der Waals surface area contributed by atoms with Gasteiger partial charge in [-0.3, -0.25) is 4.79 Å². The zero-order chi connectivity index (χ0) is 13.0. The molecular weight excluding hydrogens is 362 g/mol. The summed E-state index contributed by atoms with van der Waals surface area (Å²) in [4.78, 5) is 12.5. The second-order valence-corrected chi connectivity index (χ2v) is 5.82. The summed E-state index contributed by atoms with van der Waals surface area (Å²) < 4.78 is 9.15. The van der Waals surface area contributed by atoms with E-state index in [2.05, 4.69) is 31.9 Å². The van der Waals surface area contributed by atoms with E-state index in [1.165, 1.54) is 0 Å². The highest BCUT2D eigenvalue weighted by Crippen LogP contribution is 2.33. The molecule has 2 aromatic heterocycles. The summed E-state index contributed by atoms with van der Waals surface area (Å²) in [6.45, 7) is 1.96. The van der Waals surface area contributed by atoms with Crippen LogP contribution in [0.5, 0.6) is 0 Å². The first-order chi connectivity index (χ1) is 8.50. The lowest BCUT2D eigenvalue weighted by Crippen LogP contribution is -2.02. The van der Waals surface area contributed by atoms with Crippen molar-refractivity contribution in [2.45, 2.75) is 6.92 Å². The summed E-state index contributed by atoms with van der Waals surface area (Å²) in [5.74, 6) is 0. The fraction of sp³-hybridized carbons (Fsp3) is 0.154. The molecule has 0 amide bonds. The Kier molecular flexibility index (Phi) is 2.64. The molecule has 0 aliphatic rings. The third-order valence-electron chi connectivity index (χ3n) is 3.03. The van der Waals surface area contributed by atoms with Gasteiger partial charge in [-0.25, -0.2) is 0 Å². The average molecular weight is 371 g/mol. The van der Waals surface area contributed by atoms with Gasteiger partial charge >= 0.3 is 0 Å². The quantitative estimate of drug-likeness (QED) is 0.596. The van der Waals surface area contributed by atoms with Crippen LogP contribution in [0, 0.1) is 6.92 Å². The Morgan fingerprint density at radius 1 is 1.28 bits per heavy atom. The zero-order valence-corrected chi connectivity index (χ0v) is 12.9. The number of hydrogen-bond acceptors (Lipinski definition) is 2. The Morgan fingerprint density at radius 2 is 2.00 bits per heavy atom. The third-order valence-corrected chi connectivity index (χ3v) is 5.26. The SMILES string of the molecule is Cc1ccc2oc3c(c(Br)c(Br)n3C)c(=O)c2c1. The van der Waals surface area contributed by atoms with Crippen molar-refractivity contribution >= 4 is 53.9 Å². The van der Waals surface area contributed by atoms with Crippen LogP contribution < -0.4 is 5.43 Å². The molecule has 0 spiro atoms. The molecular formula is C13H9Br2NO2. The molecule has 1 aromatic carbocycles. The topological polar surface area (TPSA) is 35.1 Å². The minimum absolute atomic E-state index is 0.0110. The highest BCUT2D eigenvalue weighted by Gasteiger charge is 2.18. The molecule has 0 aliphatic carbocycles. The molecule has 0 saturated heterocycles. The van der Waals surface area contributed by atoms with Crippen molar-refractivity contribution in [3.05, 3.63) is 43.1 Å². The Morgan fingerprint density at radius 3 is 2.72 bits per heavy atom. The van der Waals surface area contributed by atoms with E-state index in [0.29, 0.717) is 22.1 Å². The van der Waals surface area contributed by atoms with Crippen molar-refractivity contribution in [3.63, 3.8) is 0 Å². The van der Waals surface area contributed by atoms with Crippen LogP contribution in [0.4, 0.5) is 0 Å². The number of halogens is 2. The van der Waals surface area contributed by atoms with E-state index < -0.39 is 0 Å². The summed E-state index contributed by atoms with van der Waals surface area (Å²) in [5.41, 5.74) is 2.21. The number of fused-ring (bicyclic) bond motifs is 2. The average Bonchev–Trinajstić information content (AvgIpc) is 2.56. The Labute approximate surface area is 120 Å². The second kappa shape index (κ2) is 3.96. The monoisotopic (exact) mass is 369 g/mol. The second-order valence-electron chi connectivity index (χ2n) is 4.27. The standard InChI is InChI=1S/C13H9Br2NO2/c1-6-3-4-8-7(5-6)11(17)9-10(14)12(15)16(2)13(9)18-8/h3-5H,1-2H3. The summed E-state index contributed by atoms with van der Waals surface area (Å²) in [7, 11) is 1.85. The molecule has 0 aliphatic heterocycles. The number of aryl methyl sites for hydroxylation is 2. The molecule has 0 atom stereocenters. The van der Waals surface area contributed by atoms with Crippen LogP contribution in [0.2, 0.25) is 0 Å². The lowest BCUT2D eigenvalue weighted by molar-refractivity contribution is 0.619. The first-order valence-electron chi connectivity index (χ1n) is 5.37. The number of nitrogens with zero attached hydrogens (tertiary/aromatic N) is 1. The maximum Gasteiger partial charge on any atom is 0.213 e. The van der Waals surface area contributed by atoms with Gasteiger partial charge in [0.15, 0.2) is 0 Å². The molecule has 3 nitrogen and oxygen atoms in total. The molecule has 18 heavy (non-hydrogen) atoms. The number of rotatable bonds is 0. The van der Waals surface area contributed by atoms with Crippen molar-refractivity contribution in [1.29, 1.82) is 0 Å². The van der Waals surface area contributed by atoms with Gasteiger partial charge in [-0.15, -0.1) is 0 Å². The van der Waals surface area contributed by atoms with E-state index in [1.54, 1.807) is 4.57 Å². The van der Waals surface area contributed by atoms with E-state index >= 15 is 0 Å². The summed E-state index contributed by atoms with van der Waals surface area (Å²) in [6.07, 6.45) is 0. The van der Waals surface area contributed by atoms with Gasteiger partial charge in [-0.05, 0) is 50.9 Å². The van der Waals surface area contributed by atoms with E-state index in [1.807, 2.05) is 32.2 Å². The molecule has 0 unspecified atom stereocenters. The predicted octanol–water partition coefficient (Wildman–Crippen LogP) is 4.12. The smallest absolute Gasteiger partial charge is 0.213 e. The van der Waals surface area contributed by atoms with Gasteiger partial charge in [0.1, 0.15) is 15.6 Å². The zero-order valence-electron chi connectivity index (χ0n) is 9.75. The van der Waals surface area contributed by atoms with Gasteiger partial charge in [0, 0.05) is 7.05 Å². The van der Waals surface area contributed by atoms with Gasteiger partial charge in [0.25, 0.3) is 0 Å². The summed E-state index contributed by atoms with van der Waals surface area (Å²) in [5, 5.41) is 1.18. The maximum absolute atomic E-state index is 12.5. The number of hydrogen-bond donors (Lipinski definition) is 0. The molecule has 0 saturated carbocycles. The van der Waals surface area contributed by atoms with Crippen molar-refractivity contribution < 1.29 is 4.42 Å². The van der Waals surface area contributed by atoms with Crippen molar-refractivity contribution in [2.24, 2.45) is 7.05 Å². The number of benzene rings is 1. The van der Waals surface area contributed by atoms with Crippen molar-refractivity contribution in [3.8, 4) is 0 Å². The van der Waals surface area contributed by atoms with Gasteiger partial charge in [0.2, 0.25) is 11.1 Å². The van der Waals surface area contributed by atoms with Gasteiger partial charge in [-0.1, -0.05) is 11.6 Å². The minimum Gasteiger partial charge on any atom is -0.439 e. The van der Waals surface area contributed by atoms with Crippen LogP contribution in [0.3, 0.4) is 0 Å². The third kappa shape index (κ3) is 1.50. The lowest BCUT2D eigenvalue weighted by Gasteiger charge is -2.01. The Bertz CT molecular complexity index is 846. The highest BCUT2D eigenvalue weighted by molar-refractivity contribution is 9.13. The van der Waals surface area contributed by atoms with Crippen LogP contribution in [0.25, 0.3) is 22.1 Å². The van der Waals surface area contributed by atoms with Crippen LogP contribution >= 0.6 is 31.9 Å². The largest absolute Gasteiger partial charge is 0.439 e. The molecule has 0 fully saturated rings. The first kappa shape index (κ1) is 12.0. The molecule has 0 bridgehead atoms. The van der Waals surface area contributed by atoms with Crippen LogP contribution in [-0.4, -0.2) is 4.57 Å². The van der Waals surface area contributed by atoms with Crippen LogP contribution in [0.15, 0.2) is 36.5 Å². The normalized spacial score (nSPS) is 11.6. The molecule has 5 heteroatoms. The fourth-order valence-electron chi connectivity index (χ4n) is 2.07. The number of aromatic nitrogens is 1. The first-order valence-corrected chi connectivity index (χ1v) is 6.96. The summed E-state index contributed by atoms with van der Waals surface area (Å²) >= 11 is 6.86. The van der Waals surface area contributed by atoms with Gasteiger partial charge in [-0.2, -0.15) is 0 Å². The van der Waals surface area contributed by atoms with E-state index in [0.717, 1.165) is 14.6 Å². The van der Waals surface area contributed by atoms with Crippen molar-refractivity contribution in [1.82, 2.24) is 4.57 Å². The van der Waals surface area contributed by atoms with Gasteiger partial charge < -0.3 is 8.98 Å². The Hall–Kier alpha value is -1.07. The fourth-order valence-corrected chi connectivity index (χ4v) is 3.04. The van der Waals surface area contributed by atoms with E-state index in [-0.39, 0.29) is 5.43 Å². The summed E-state index contributed by atoms with van der Waals surface area (Å²) in [6, 6.07) is 5.62.